The largest absolute Gasteiger partial charge is 0.495 e. The lowest BCUT2D eigenvalue weighted by Crippen LogP contribution is -2.37. The summed E-state index contributed by atoms with van der Waals surface area (Å²) < 4.78 is 32.2. The molecule has 0 aliphatic heterocycles. The van der Waals surface area contributed by atoms with Crippen molar-refractivity contribution in [1.82, 2.24) is 4.72 Å². The molecule has 0 aliphatic rings. The quantitative estimate of drug-likeness (QED) is 0.784. The van der Waals surface area contributed by atoms with E-state index in [0.717, 1.165) is 6.42 Å². The molecule has 19 heavy (non-hydrogen) atoms. The van der Waals surface area contributed by atoms with Gasteiger partial charge in [0.15, 0.2) is 0 Å². The van der Waals surface area contributed by atoms with Crippen LogP contribution in [0.15, 0.2) is 23.1 Å². The minimum Gasteiger partial charge on any atom is -0.495 e. The van der Waals surface area contributed by atoms with Gasteiger partial charge in [0.1, 0.15) is 5.75 Å². The second-order valence-corrected chi connectivity index (χ2v) is 6.50. The maximum absolute atomic E-state index is 12.3. The number of hydrogen-bond acceptors (Lipinski definition) is 4. The van der Waals surface area contributed by atoms with E-state index < -0.39 is 10.0 Å². The second-order valence-electron chi connectivity index (χ2n) is 4.78. The third kappa shape index (κ3) is 3.84. The molecular formula is C13H22N2O3S. The number of sulfonamides is 1. The Balaban J connectivity index is 3.03. The summed E-state index contributed by atoms with van der Waals surface area (Å²) in [7, 11) is -2.06. The molecule has 1 unspecified atom stereocenters. The van der Waals surface area contributed by atoms with E-state index in [9.17, 15) is 8.42 Å². The van der Waals surface area contributed by atoms with Crippen LogP contribution < -0.4 is 15.2 Å². The Morgan fingerprint density at radius 1 is 1.37 bits per heavy atom. The highest BCUT2D eigenvalue weighted by molar-refractivity contribution is 7.89. The summed E-state index contributed by atoms with van der Waals surface area (Å²) in [6, 6.07) is 4.37. The zero-order valence-electron chi connectivity index (χ0n) is 11.8. The Bertz CT molecular complexity index is 527. The number of anilines is 1. The van der Waals surface area contributed by atoms with Crippen molar-refractivity contribution < 1.29 is 13.2 Å². The Morgan fingerprint density at radius 2 is 2.00 bits per heavy atom. The summed E-state index contributed by atoms with van der Waals surface area (Å²) in [5.41, 5.74) is 6.04. The van der Waals surface area contributed by atoms with Gasteiger partial charge in [0.2, 0.25) is 10.0 Å². The van der Waals surface area contributed by atoms with Gasteiger partial charge in [0.25, 0.3) is 0 Å². The second kappa shape index (κ2) is 6.25. The molecular weight excluding hydrogens is 264 g/mol. The lowest BCUT2D eigenvalue weighted by Gasteiger charge is -2.20. The van der Waals surface area contributed by atoms with Crippen molar-refractivity contribution in [2.24, 2.45) is 5.92 Å². The van der Waals surface area contributed by atoms with E-state index in [1.807, 2.05) is 20.8 Å². The van der Waals surface area contributed by atoms with Crippen LogP contribution >= 0.6 is 0 Å². The molecule has 108 valence electrons. The van der Waals surface area contributed by atoms with Gasteiger partial charge in [-0.25, -0.2) is 13.1 Å². The van der Waals surface area contributed by atoms with Crippen LogP contribution in [0.2, 0.25) is 0 Å². The van der Waals surface area contributed by atoms with Crippen molar-refractivity contribution in [3.05, 3.63) is 18.2 Å². The van der Waals surface area contributed by atoms with Crippen molar-refractivity contribution >= 4 is 15.7 Å². The zero-order valence-corrected chi connectivity index (χ0v) is 12.6. The van der Waals surface area contributed by atoms with Crippen LogP contribution in [0.5, 0.6) is 5.75 Å². The summed E-state index contributed by atoms with van der Waals surface area (Å²) in [6.45, 7) is 5.92. The van der Waals surface area contributed by atoms with Crippen LogP contribution in [-0.2, 0) is 10.0 Å². The molecule has 1 aromatic rings. The average Bonchev–Trinajstić information content (AvgIpc) is 2.35. The highest BCUT2D eigenvalue weighted by Gasteiger charge is 2.21. The van der Waals surface area contributed by atoms with Crippen molar-refractivity contribution in [3.63, 3.8) is 0 Å². The molecule has 0 heterocycles. The molecule has 0 fully saturated rings. The lowest BCUT2D eigenvalue weighted by atomic mass is 10.0. The van der Waals surface area contributed by atoms with E-state index in [0.29, 0.717) is 11.4 Å². The number of hydrogen-bond donors (Lipinski definition) is 2. The molecule has 0 spiro atoms. The summed E-state index contributed by atoms with van der Waals surface area (Å²) >= 11 is 0. The van der Waals surface area contributed by atoms with Gasteiger partial charge in [0, 0.05) is 6.04 Å². The lowest BCUT2D eigenvalue weighted by molar-refractivity contribution is 0.416. The monoisotopic (exact) mass is 286 g/mol. The standard InChI is InChI=1S/C13H22N2O3S/c1-5-12(9(2)3)15-19(16,17)10-6-7-13(18-4)11(14)8-10/h6-9,12,15H,5,14H2,1-4H3. The fourth-order valence-corrected chi connectivity index (χ4v) is 3.34. The van der Waals surface area contributed by atoms with E-state index in [1.54, 1.807) is 6.07 Å². The third-order valence-corrected chi connectivity index (χ3v) is 4.55. The molecule has 0 aliphatic carbocycles. The van der Waals surface area contributed by atoms with Gasteiger partial charge in [-0.2, -0.15) is 0 Å². The highest BCUT2D eigenvalue weighted by atomic mass is 32.2. The predicted octanol–water partition coefficient (Wildman–Crippen LogP) is 1.99. The number of methoxy groups -OCH3 is 1. The molecule has 0 amide bonds. The van der Waals surface area contributed by atoms with E-state index in [1.165, 1.54) is 19.2 Å². The number of nitrogen functional groups attached to an aromatic ring is 1. The maximum Gasteiger partial charge on any atom is 0.240 e. The number of rotatable bonds is 6. The summed E-state index contributed by atoms with van der Waals surface area (Å²) in [4.78, 5) is 0.157. The van der Waals surface area contributed by atoms with Crippen LogP contribution in [0.1, 0.15) is 27.2 Å². The first kappa shape index (κ1) is 15.8. The normalized spacial score (nSPS) is 13.5. The Kier molecular flexibility index (Phi) is 5.20. The third-order valence-electron chi connectivity index (χ3n) is 3.06. The van der Waals surface area contributed by atoms with Crippen molar-refractivity contribution in [1.29, 1.82) is 0 Å². The van der Waals surface area contributed by atoms with Crippen LogP contribution in [0.4, 0.5) is 5.69 Å². The smallest absolute Gasteiger partial charge is 0.240 e. The van der Waals surface area contributed by atoms with Crippen LogP contribution in [-0.4, -0.2) is 21.6 Å². The zero-order chi connectivity index (χ0) is 14.6. The Hall–Kier alpha value is -1.27. The van der Waals surface area contributed by atoms with Crippen LogP contribution in [0, 0.1) is 5.92 Å². The molecule has 1 aromatic carbocycles. The molecule has 0 saturated carbocycles. The molecule has 1 atom stereocenters. The molecule has 0 bridgehead atoms. The first-order valence-electron chi connectivity index (χ1n) is 6.27. The van der Waals surface area contributed by atoms with Crippen molar-refractivity contribution in [2.75, 3.05) is 12.8 Å². The first-order chi connectivity index (χ1) is 8.81. The molecule has 6 heteroatoms. The molecule has 3 N–H and O–H groups in total. The minimum absolute atomic E-state index is 0.0895. The Morgan fingerprint density at radius 3 is 2.42 bits per heavy atom. The summed E-state index contributed by atoms with van der Waals surface area (Å²) in [5.74, 6) is 0.699. The van der Waals surface area contributed by atoms with Crippen LogP contribution in [0.3, 0.4) is 0 Å². The molecule has 0 radical (unpaired) electrons. The van der Waals surface area contributed by atoms with E-state index in [-0.39, 0.29) is 16.9 Å². The van der Waals surface area contributed by atoms with Gasteiger partial charge in [-0.05, 0) is 30.5 Å². The number of ether oxygens (including phenoxy) is 1. The topological polar surface area (TPSA) is 81.4 Å². The minimum atomic E-state index is -3.55. The first-order valence-corrected chi connectivity index (χ1v) is 7.76. The van der Waals surface area contributed by atoms with Gasteiger partial charge in [0.05, 0.1) is 17.7 Å². The number of nitrogens with two attached hydrogens (primary N) is 1. The SMILES string of the molecule is CCC(NS(=O)(=O)c1ccc(OC)c(N)c1)C(C)C. The van der Waals surface area contributed by atoms with E-state index in [4.69, 9.17) is 10.5 Å². The molecule has 5 nitrogen and oxygen atoms in total. The average molecular weight is 286 g/mol. The van der Waals surface area contributed by atoms with E-state index in [2.05, 4.69) is 4.72 Å². The van der Waals surface area contributed by atoms with Crippen molar-refractivity contribution in [2.45, 2.75) is 38.1 Å². The van der Waals surface area contributed by atoms with Gasteiger partial charge in [-0.15, -0.1) is 0 Å². The molecule has 0 aromatic heterocycles. The fraction of sp³-hybridized carbons (Fsp3) is 0.538. The molecule has 1 rings (SSSR count). The molecule has 0 saturated heterocycles. The van der Waals surface area contributed by atoms with Gasteiger partial charge in [-0.3, -0.25) is 0 Å². The van der Waals surface area contributed by atoms with Crippen molar-refractivity contribution in [3.8, 4) is 5.75 Å². The number of nitrogens with one attached hydrogen (secondary N) is 1. The van der Waals surface area contributed by atoms with Gasteiger partial charge >= 0.3 is 0 Å². The van der Waals surface area contributed by atoms with E-state index >= 15 is 0 Å². The summed E-state index contributed by atoms with van der Waals surface area (Å²) in [5, 5.41) is 0. The number of benzene rings is 1. The maximum atomic E-state index is 12.3. The fourth-order valence-electron chi connectivity index (χ4n) is 1.84. The predicted molar refractivity (Wildman–Crippen MR) is 76.6 cm³/mol. The highest BCUT2D eigenvalue weighted by Crippen LogP contribution is 2.24. The van der Waals surface area contributed by atoms with Gasteiger partial charge in [-0.1, -0.05) is 20.8 Å². The Labute approximate surface area is 115 Å². The summed E-state index contributed by atoms with van der Waals surface area (Å²) in [6.07, 6.45) is 0.739. The van der Waals surface area contributed by atoms with Crippen LogP contribution in [0.25, 0.3) is 0 Å². The van der Waals surface area contributed by atoms with Gasteiger partial charge < -0.3 is 10.5 Å².